The first-order valence-electron chi connectivity index (χ1n) is 4.17. The van der Waals surface area contributed by atoms with E-state index >= 15 is 0 Å². The normalized spacial score (nSPS) is 9.62. The van der Waals surface area contributed by atoms with Gasteiger partial charge in [0.05, 0.1) is 5.69 Å². The van der Waals surface area contributed by atoms with Crippen molar-refractivity contribution in [3.8, 4) is 11.3 Å². The maximum atomic E-state index is 12.9. The van der Waals surface area contributed by atoms with Crippen molar-refractivity contribution in [3.63, 3.8) is 0 Å². The minimum Gasteiger partial charge on any atom is -0.305 e. The minimum atomic E-state index is -0.954. The molecule has 3 nitrogen and oxygen atoms in total. The fourth-order valence-electron chi connectivity index (χ4n) is 1.20. The first-order valence-corrected chi connectivity index (χ1v) is 4.17. The molecule has 0 saturated carbocycles. The summed E-state index contributed by atoms with van der Waals surface area (Å²) in [6.45, 7) is 0. The molecule has 0 spiro atoms. The van der Waals surface area contributed by atoms with Crippen LogP contribution in [0.2, 0.25) is 0 Å². The second kappa shape index (κ2) is 4.85. The van der Waals surface area contributed by atoms with E-state index in [2.05, 4.69) is 9.97 Å². The largest absolute Gasteiger partial charge is 0.345 e. The topological polar surface area (TPSA) is 45.8 Å². The Hall–Kier alpha value is -1.75. The maximum absolute atomic E-state index is 12.9. The zero-order valence-electron chi connectivity index (χ0n) is 7.91. The van der Waals surface area contributed by atoms with Gasteiger partial charge in [0.2, 0.25) is 0 Å². The molecule has 0 aliphatic rings. The molecule has 0 saturated heterocycles. The third-order valence-corrected chi connectivity index (χ3v) is 1.91. The molecule has 0 amide bonds. The van der Waals surface area contributed by atoms with E-state index in [9.17, 15) is 13.6 Å². The van der Waals surface area contributed by atoms with Crippen molar-refractivity contribution in [2.45, 2.75) is 0 Å². The maximum Gasteiger partial charge on any atom is 0.345 e. The number of nitrogens with one attached hydrogen (secondary N) is 1. The van der Waals surface area contributed by atoms with Crippen LogP contribution in [0.15, 0.2) is 35.3 Å². The molecule has 6 heteroatoms. The monoisotopic (exact) mass is 244 g/mol. The number of aromatic amines is 1. The number of halogens is 3. The van der Waals surface area contributed by atoms with Gasteiger partial charge in [0.25, 0.3) is 0 Å². The quantitative estimate of drug-likeness (QED) is 0.835. The van der Waals surface area contributed by atoms with Crippen LogP contribution in [0.5, 0.6) is 0 Å². The summed E-state index contributed by atoms with van der Waals surface area (Å²) in [5.74, 6) is -1.87. The molecular weight excluding hydrogens is 238 g/mol. The number of benzene rings is 1. The Labute approximate surface area is 95.6 Å². The predicted octanol–water partition coefficient (Wildman–Crippen LogP) is 2.14. The van der Waals surface area contributed by atoms with Crippen LogP contribution >= 0.6 is 12.4 Å². The van der Waals surface area contributed by atoms with Crippen molar-refractivity contribution in [1.29, 1.82) is 0 Å². The first kappa shape index (κ1) is 12.3. The van der Waals surface area contributed by atoms with Gasteiger partial charge in [-0.3, -0.25) is 0 Å². The van der Waals surface area contributed by atoms with Crippen molar-refractivity contribution in [3.05, 3.63) is 52.6 Å². The van der Waals surface area contributed by atoms with E-state index in [0.29, 0.717) is 11.3 Å². The summed E-state index contributed by atoms with van der Waals surface area (Å²) in [5, 5.41) is 0. The van der Waals surface area contributed by atoms with E-state index in [0.717, 1.165) is 12.1 Å². The highest BCUT2D eigenvalue weighted by Gasteiger charge is 2.04. The Balaban J connectivity index is 0.00000128. The van der Waals surface area contributed by atoms with Gasteiger partial charge in [-0.15, -0.1) is 12.4 Å². The van der Waals surface area contributed by atoms with E-state index in [1.807, 2.05) is 0 Å². The van der Waals surface area contributed by atoms with Crippen molar-refractivity contribution in [2.24, 2.45) is 0 Å². The van der Waals surface area contributed by atoms with E-state index < -0.39 is 17.3 Å². The van der Waals surface area contributed by atoms with Crippen molar-refractivity contribution in [2.75, 3.05) is 0 Å². The number of rotatable bonds is 1. The number of hydrogen-bond donors (Lipinski definition) is 1. The Kier molecular flexibility index (Phi) is 3.73. The summed E-state index contributed by atoms with van der Waals surface area (Å²) >= 11 is 0. The van der Waals surface area contributed by atoms with E-state index in [-0.39, 0.29) is 12.4 Å². The lowest BCUT2D eigenvalue weighted by atomic mass is 10.1. The smallest absolute Gasteiger partial charge is 0.305 e. The van der Waals surface area contributed by atoms with Crippen molar-refractivity contribution >= 4 is 12.4 Å². The molecule has 2 rings (SSSR count). The van der Waals surface area contributed by atoms with Crippen LogP contribution in [0.1, 0.15) is 0 Å². The Bertz CT molecular complexity index is 557. The van der Waals surface area contributed by atoms with Gasteiger partial charge in [-0.25, -0.2) is 18.6 Å². The minimum absolute atomic E-state index is 0. The predicted molar refractivity (Wildman–Crippen MR) is 57.5 cm³/mol. The summed E-state index contributed by atoms with van der Waals surface area (Å²) in [7, 11) is 0. The first-order chi connectivity index (χ1) is 7.16. The molecule has 84 valence electrons. The van der Waals surface area contributed by atoms with Gasteiger partial charge >= 0.3 is 5.69 Å². The second-order valence-electron chi connectivity index (χ2n) is 2.92. The highest BCUT2D eigenvalue weighted by molar-refractivity contribution is 5.85. The number of aromatic nitrogens is 2. The van der Waals surface area contributed by atoms with Crippen LogP contribution in [-0.4, -0.2) is 9.97 Å². The van der Waals surface area contributed by atoms with Crippen LogP contribution in [0.3, 0.4) is 0 Å². The van der Waals surface area contributed by atoms with E-state index in [1.54, 1.807) is 0 Å². The molecule has 0 bridgehead atoms. The van der Waals surface area contributed by atoms with E-state index in [4.69, 9.17) is 0 Å². The molecule has 16 heavy (non-hydrogen) atoms. The Morgan fingerprint density at radius 2 is 1.88 bits per heavy atom. The molecule has 0 atom stereocenters. The summed E-state index contributed by atoms with van der Waals surface area (Å²) < 4.78 is 25.5. The molecule has 1 aromatic carbocycles. The Morgan fingerprint density at radius 1 is 1.12 bits per heavy atom. The molecule has 0 aliphatic heterocycles. The highest BCUT2D eigenvalue weighted by Crippen LogP contribution is 2.17. The van der Waals surface area contributed by atoms with Gasteiger partial charge in [-0.1, -0.05) is 0 Å². The molecule has 0 unspecified atom stereocenters. The van der Waals surface area contributed by atoms with E-state index in [1.165, 1.54) is 18.3 Å². The van der Waals surface area contributed by atoms with Crippen LogP contribution in [0.4, 0.5) is 8.78 Å². The SMILES string of the molecule is Cl.O=c1nccc(-c2ccc(F)c(F)c2)[nH]1. The molecule has 1 aromatic heterocycles. The number of H-pyrrole nitrogens is 1. The highest BCUT2D eigenvalue weighted by atomic mass is 35.5. The number of nitrogens with zero attached hydrogens (tertiary/aromatic N) is 1. The van der Waals surface area contributed by atoms with Gasteiger partial charge in [0, 0.05) is 11.8 Å². The summed E-state index contributed by atoms with van der Waals surface area (Å²) in [5.41, 5.74) is 0.263. The summed E-state index contributed by atoms with van der Waals surface area (Å²) in [4.78, 5) is 16.7. The third kappa shape index (κ3) is 2.43. The van der Waals surface area contributed by atoms with Crippen LogP contribution in [-0.2, 0) is 0 Å². The zero-order valence-corrected chi connectivity index (χ0v) is 8.72. The lowest BCUT2D eigenvalue weighted by Crippen LogP contribution is -2.09. The fourth-order valence-corrected chi connectivity index (χ4v) is 1.20. The molecule has 1 heterocycles. The number of hydrogen-bond acceptors (Lipinski definition) is 2. The van der Waals surface area contributed by atoms with Crippen molar-refractivity contribution < 1.29 is 8.78 Å². The fraction of sp³-hybridized carbons (Fsp3) is 0. The molecule has 0 radical (unpaired) electrons. The lowest BCUT2D eigenvalue weighted by molar-refractivity contribution is 0.509. The van der Waals surface area contributed by atoms with Gasteiger partial charge in [-0.2, -0.15) is 0 Å². The average molecular weight is 245 g/mol. The molecular formula is C10H7ClF2N2O. The standard InChI is InChI=1S/C10H6F2N2O.ClH/c11-7-2-1-6(5-8(7)12)9-3-4-13-10(15)14-9;/h1-5H,(H,13,14,15);1H. The van der Waals surface area contributed by atoms with Gasteiger partial charge < -0.3 is 4.98 Å². The average Bonchev–Trinajstić information content (AvgIpc) is 2.22. The second-order valence-corrected chi connectivity index (χ2v) is 2.92. The molecule has 2 aromatic rings. The molecule has 0 aliphatic carbocycles. The summed E-state index contributed by atoms with van der Waals surface area (Å²) in [6, 6.07) is 4.90. The van der Waals surface area contributed by atoms with Gasteiger partial charge in [-0.05, 0) is 24.3 Å². The van der Waals surface area contributed by atoms with Crippen LogP contribution < -0.4 is 5.69 Å². The summed E-state index contributed by atoms with van der Waals surface area (Å²) in [6.07, 6.45) is 1.30. The lowest BCUT2D eigenvalue weighted by Gasteiger charge is -2.00. The molecule has 1 N–H and O–H groups in total. The van der Waals surface area contributed by atoms with Crippen LogP contribution in [0, 0.1) is 11.6 Å². The van der Waals surface area contributed by atoms with Gasteiger partial charge in [0.15, 0.2) is 11.6 Å². The Morgan fingerprint density at radius 3 is 2.50 bits per heavy atom. The van der Waals surface area contributed by atoms with Gasteiger partial charge in [0.1, 0.15) is 0 Å². The zero-order chi connectivity index (χ0) is 10.8. The van der Waals surface area contributed by atoms with Crippen molar-refractivity contribution in [1.82, 2.24) is 9.97 Å². The molecule has 0 fully saturated rings. The third-order valence-electron chi connectivity index (χ3n) is 1.91. The van der Waals surface area contributed by atoms with Crippen LogP contribution in [0.25, 0.3) is 11.3 Å².